The molecule has 0 saturated carbocycles. The molecule has 0 aromatic carbocycles. The summed E-state index contributed by atoms with van der Waals surface area (Å²) in [6.07, 6.45) is 0.782. The number of aromatic nitrogens is 2. The van der Waals surface area contributed by atoms with Crippen LogP contribution in [0.2, 0.25) is 0 Å². The molecule has 0 spiro atoms. The van der Waals surface area contributed by atoms with Gasteiger partial charge in [0, 0.05) is 26.2 Å². The van der Waals surface area contributed by atoms with Gasteiger partial charge in [0.1, 0.15) is 4.88 Å². The van der Waals surface area contributed by atoms with E-state index < -0.39 is 5.97 Å². The summed E-state index contributed by atoms with van der Waals surface area (Å²) in [5, 5.41) is 12.6. The molecule has 2 heterocycles. The second kappa shape index (κ2) is 6.07. The molecule has 8 heteroatoms. The molecular formula is C11H16N4O3S. The number of rotatable bonds is 3. The Morgan fingerprint density at radius 3 is 2.74 bits per heavy atom. The maximum Gasteiger partial charge on any atom is 0.317 e. The van der Waals surface area contributed by atoms with Gasteiger partial charge in [0.15, 0.2) is 0 Å². The first-order chi connectivity index (χ1) is 9.08. The van der Waals surface area contributed by atoms with Crippen molar-refractivity contribution < 1.29 is 14.7 Å². The predicted molar refractivity (Wildman–Crippen MR) is 69.2 cm³/mol. The summed E-state index contributed by atoms with van der Waals surface area (Å²) in [6.45, 7) is 4.28. The van der Waals surface area contributed by atoms with Gasteiger partial charge in [-0.2, -0.15) is 0 Å². The van der Waals surface area contributed by atoms with Gasteiger partial charge in [0.05, 0.1) is 12.2 Å². The van der Waals surface area contributed by atoms with Crippen molar-refractivity contribution >= 4 is 23.4 Å². The molecule has 0 atom stereocenters. The SMILES string of the molecule is Cc1nnsc1C(=O)N1CCCN(CC(=O)O)CC1. The number of amides is 1. The zero-order chi connectivity index (χ0) is 13.8. The van der Waals surface area contributed by atoms with Gasteiger partial charge in [0.25, 0.3) is 5.91 Å². The quantitative estimate of drug-likeness (QED) is 0.846. The molecule has 1 fully saturated rings. The van der Waals surface area contributed by atoms with E-state index in [1.165, 1.54) is 0 Å². The van der Waals surface area contributed by atoms with Gasteiger partial charge in [-0.3, -0.25) is 14.5 Å². The van der Waals surface area contributed by atoms with Crippen LogP contribution in [-0.2, 0) is 4.79 Å². The number of carbonyl (C=O) groups excluding carboxylic acids is 1. The van der Waals surface area contributed by atoms with Crippen molar-refractivity contribution in [2.45, 2.75) is 13.3 Å². The largest absolute Gasteiger partial charge is 0.480 e. The van der Waals surface area contributed by atoms with Gasteiger partial charge in [-0.1, -0.05) is 4.49 Å². The fourth-order valence-electron chi connectivity index (χ4n) is 2.09. The van der Waals surface area contributed by atoms with Crippen LogP contribution in [0.4, 0.5) is 0 Å². The summed E-state index contributed by atoms with van der Waals surface area (Å²) >= 11 is 1.11. The third-order valence-corrected chi connectivity index (χ3v) is 3.90. The number of carboxylic acid groups (broad SMARTS) is 1. The van der Waals surface area contributed by atoms with Crippen molar-refractivity contribution in [2.24, 2.45) is 0 Å². The Bertz CT molecular complexity index is 476. The molecular weight excluding hydrogens is 268 g/mol. The molecule has 7 nitrogen and oxygen atoms in total. The van der Waals surface area contributed by atoms with Crippen LogP contribution in [0.25, 0.3) is 0 Å². The molecule has 0 bridgehead atoms. The highest BCUT2D eigenvalue weighted by molar-refractivity contribution is 7.07. The Labute approximate surface area is 115 Å². The van der Waals surface area contributed by atoms with Crippen molar-refractivity contribution in [3.8, 4) is 0 Å². The Balaban J connectivity index is 1.97. The molecule has 1 aliphatic rings. The summed E-state index contributed by atoms with van der Waals surface area (Å²) in [5.41, 5.74) is 0.654. The fourth-order valence-corrected chi connectivity index (χ4v) is 2.72. The smallest absolute Gasteiger partial charge is 0.317 e. The Morgan fingerprint density at radius 1 is 1.32 bits per heavy atom. The van der Waals surface area contributed by atoms with Crippen molar-refractivity contribution in [3.63, 3.8) is 0 Å². The summed E-state index contributed by atoms with van der Waals surface area (Å²) in [7, 11) is 0. The lowest BCUT2D eigenvalue weighted by Crippen LogP contribution is -2.36. The van der Waals surface area contributed by atoms with Gasteiger partial charge in [-0.05, 0) is 24.9 Å². The molecule has 19 heavy (non-hydrogen) atoms. The van der Waals surface area contributed by atoms with Crippen LogP contribution < -0.4 is 0 Å². The molecule has 1 aromatic rings. The average Bonchev–Trinajstić information content (AvgIpc) is 2.64. The minimum atomic E-state index is -0.831. The first-order valence-electron chi connectivity index (χ1n) is 6.10. The van der Waals surface area contributed by atoms with Crippen LogP contribution in [0.15, 0.2) is 0 Å². The van der Waals surface area contributed by atoms with Gasteiger partial charge >= 0.3 is 5.97 Å². The van der Waals surface area contributed by atoms with Crippen molar-refractivity contribution in [3.05, 3.63) is 10.6 Å². The maximum absolute atomic E-state index is 12.3. The molecule has 2 rings (SSSR count). The second-order valence-electron chi connectivity index (χ2n) is 4.50. The van der Waals surface area contributed by atoms with E-state index in [0.717, 1.165) is 18.0 Å². The van der Waals surface area contributed by atoms with E-state index >= 15 is 0 Å². The van der Waals surface area contributed by atoms with E-state index in [9.17, 15) is 9.59 Å². The molecule has 0 unspecified atom stereocenters. The van der Waals surface area contributed by atoms with E-state index in [-0.39, 0.29) is 12.5 Å². The van der Waals surface area contributed by atoms with Crippen LogP contribution in [0.1, 0.15) is 21.8 Å². The van der Waals surface area contributed by atoms with Crippen molar-refractivity contribution in [1.29, 1.82) is 0 Å². The number of nitrogens with zero attached hydrogens (tertiary/aromatic N) is 4. The second-order valence-corrected chi connectivity index (χ2v) is 5.26. The number of aliphatic carboxylic acids is 1. The number of hydrogen-bond acceptors (Lipinski definition) is 6. The molecule has 0 radical (unpaired) electrons. The van der Waals surface area contributed by atoms with Crippen LogP contribution in [0, 0.1) is 6.92 Å². The molecule has 1 N–H and O–H groups in total. The zero-order valence-corrected chi connectivity index (χ0v) is 11.5. The number of carboxylic acids is 1. The lowest BCUT2D eigenvalue weighted by molar-refractivity contribution is -0.138. The normalized spacial score (nSPS) is 17.2. The topological polar surface area (TPSA) is 86.6 Å². The van der Waals surface area contributed by atoms with Crippen molar-refractivity contribution in [1.82, 2.24) is 19.4 Å². The monoisotopic (exact) mass is 284 g/mol. The molecule has 1 saturated heterocycles. The van der Waals surface area contributed by atoms with Crippen molar-refractivity contribution in [2.75, 3.05) is 32.7 Å². The van der Waals surface area contributed by atoms with Crippen LogP contribution >= 0.6 is 11.5 Å². The number of hydrogen-bond donors (Lipinski definition) is 1. The predicted octanol–water partition coefficient (Wildman–Crippen LogP) is 0.0790. The standard InChI is InChI=1S/C11H16N4O3S/c1-8-10(19-13-12-8)11(18)15-4-2-3-14(5-6-15)7-9(16)17/h2-7H2,1H3,(H,16,17). The summed E-state index contributed by atoms with van der Waals surface area (Å²) < 4.78 is 3.77. The highest BCUT2D eigenvalue weighted by Gasteiger charge is 2.23. The Morgan fingerprint density at radius 2 is 2.11 bits per heavy atom. The summed E-state index contributed by atoms with van der Waals surface area (Å²) in [4.78, 5) is 27.2. The van der Waals surface area contributed by atoms with Gasteiger partial charge in [-0.25, -0.2) is 0 Å². The molecule has 1 aliphatic heterocycles. The number of aryl methyl sites for hydroxylation is 1. The third kappa shape index (κ3) is 3.48. The first kappa shape index (κ1) is 13.9. The summed E-state index contributed by atoms with van der Waals surface area (Å²) in [5.74, 6) is -0.882. The van der Waals surface area contributed by atoms with Gasteiger partial charge < -0.3 is 10.0 Å². The minimum absolute atomic E-state index is 0.0309. The molecule has 1 aromatic heterocycles. The lowest BCUT2D eigenvalue weighted by atomic mass is 10.3. The maximum atomic E-state index is 12.3. The van der Waals surface area contributed by atoms with Crippen LogP contribution in [0.3, 0.4) is 0 Å². The Hall–Kier alpha value is -1.54. The Kier molecular flexibility index (Phi) is 4.43. The number of carbonyl (C=O) groups is 2. The summed E-state index contributed by atoms with van der Waals surface area (Å²) in [6, 6.07) is 0. The molecule has 1 amide bonds. The highest BCUT2D eigenvalue weighted by atomic mass is 32.1. The van der Waals surface area contributed by atoms with E-state index in [0.29, 0.717) is 36.8 Å². The molecule has 104 valence electrons. The first-order valence-corrected chi connectivity index (χ1v) is 6.87. The minimum Gasteiger partial charge on any atom is -0.480 e. The van der Waals surface area contributed by atoms with E-state index in [2.05, 4.69) is 9.59 Å². The van der Waals surface area contributed by atoms with Gasteiger partial charge in [0.2, 0.25) is 0 Å². The third-order valence-electron chi connectivity index (χ3n) is 3.08. The van der Waals surface area contributed by atoms with Crippen LogP contribution in [-0.4, -0.2) is 69.1 Å². The zero-order valence-electron chi connectivity index (χ0n) is 10.7. The fraction of sp³-hybridized carbons (Fsp3) is 0.636. The van der Waals surface area contributed by atoms with E-state index in [4.69, 9.17) is 5.11 Å². The lowest BCUT2D eigenvalue weighted by Gasteiger charge is -2.20. The van der Waals surface area contributed by atoms with E-state index in [1.54, 1.807) is 11.8 Å². The van der Waals surface area contributed by atoms with E-state index in [1.807, 2.05) is 4.90 Å². The highest BCUT2D eigenvalue weighted by Crippen LogP contribution is 2.14. The average molecular weight is 284 g/mol. The van der Waals surface area contributed by atoms with Gasteiger partial charge in [-0.15, -0.1) is 5.10 Å². The van der Waals surface area contributed by atoms with Crippen LogP contribution in [0.5, 0.6) is 0 Å². The molecule has 0 aliphatic carbocycles.